The number of hydrogen-bond donors (Lipinski definition) is 1. The van der Waals surface area contributed by atoms with Gasteiger partial charge in [0.2, 0.25) is 0 Å². The first-order chi connectivity index (χ1) is 15.0. The lowest BCUT2D eigenvalue weighted by Crippen LogP contribution is -2.24. The van der Waals surface area contributed by atoms with Gasteiger partial charge >= 0.3 is 5.69 Å². The van der Waals surface area contributed by atoms with Crippen LogP contribution in [0.15, 0.2) is 70.9 Å². The van der Waals surface area contributed by atoms with Crippen LogP contribution in [0.2, 0.25) is 0 Å². The number of benzene rings is 2. The maximum atomic E-state index is 13.0. The van der Waals surface area contributed by atoms with Gasteiger partial charge in [-0.2, -0.15) is 4.68 Å². The highest BCUT2D eigenvalue weighted by atomic mass is 16.5. The van der Waals surface area contributed by atoms with Gasteiger partial charge in [-0.25, -0.2) is 4.79 Å². The zero-order valence-corrected chi connectivity index (χ0v) is 17.6. The summed E-state index contributed by atoms with van der Waals surface area (Å²) in [4.78, 5) is 27.9. The van der Waals surface area contributed by atoms with Crippen molar-refractivity contribution in [2.24, 2.45) is 0 Å². The number of H-pyrrole nitrogens is 1. The van der Waals surface area contributed by atoms with Crippen LogP contribution in [0.4, 0.5) is 0 Å². The topological polar surface area (TPSA) is 81.9 Å². The highest BCUT2D eigenvalue weighted by Gasteiger charge is 2.15. The predicted molar refractivity (Wildman–Crippen MR) is 121 cm³/mol. The maximum Gasteiger partial charge on any atom is 0.350 e. The lowest BCUT2D eigenvalue weighted by molar-refractivity contribution is 0.0989. The zero-order chi connectivity index (χ0) is 22.0. The Bertz CT molecular complexity index is 1360. The summed E-state index contributed by atoms with van der Waals surface area (Å²) < 4.78 is 8.74. The Morgan fingerprint density at radius 3 is 2.58 bits per heavy atom. The molecule has 0 bridgehead atoms. The predicted octanol–water partition coefficient (Wildman–Crippen LogP) is 3.65. The molecule has 0 saturated heterocycles. The second kappa shape index (κ2) is 8.57. The van der Waals surface area contributed by atoms with Crippen LogP contribution in [0.3, 0.4) is 0 Å². The highest BCUT2D eigenvalue weighted by molar-refractivity contribution is 5.93. The second-order valence-corrected chi connectivity index (χ2v) is 7.37. The van der Waals surface area contributed by atoms with E-state index < -0.39 is 0 Å². The molecule has 0 saturated carbocycles. The van der Waals surface area contributed by atoms with Crippen LogP contribution in [0.25, 0.3) is 22.0 Å². The molecule has 0 atom stereocenters. The van der Waals surface area contributed by atoms with Crippen molar-refractivity contribution < 1.29 is 4.74 Å². The monoisotopic (exact) mass is 416 g/mol. The number of nitrogens with one attached hydrogen (secondary N) is 1. The first-order valence-corrected chi connectivity index (χ1v) is 10.1. The van der Waals surface area contributed by atoms with Crippen LogP contribution in [0.5, 0.6) is 0 Å². The maximum absolute atomic E-state index is 13.0. The van der Waals surface area contributed by atoms with Crippen molar-refractivity contribution in [1.29, 1.82) is 0 Å². The molecule has 7 heteroatoms. The van der Waals surface area contributed by atoms with E-state index in [4.69, 9.17) is 4.74 Å². The fourth-order valence-corrected chi connectivity index (χ4v) is 3.60. The van der Waals surface area contributed by atoms with Crippen molar-refractivity contribution in [2.45, 2.75) is 33.6 Å². The number of rotatable bonds is 7. The number of hydrogen-bond acceptors (Lipinski definition) is 4. The van der Waals surface area contributed by atoms with Gasteiger partial charge < -0.3 is 9.72 Å². The molecule has 0 aliphatic rings. The third-order valence-electron chi connectivity index (χ3n) is 5.19. The summed E-state index contributed by atoms with van der Waals surface area (Å²) in [6.07, 6.45) is 1.65. The number of ether oxygens (including phenoxy) is 1. The Morgan fingerprint density at radius 2 is 1.87 bits per heavy atom. The minimum Gasteiger partial charge on any atom is -0.369 e. The Morgan fingerprint density at radius 1 is 1.10 bits per heavy atom. The average Bonchev–Trinajstić information content (AvgIpc) is 3.09. The first kappa shape index (κ1) is 20.6. The molecule has 158 valence electrons. The van der Waals surface area contributed by atoms with Crippen LogP contribution in [0, 0.1) is 0 Å². The summed E-state index contributed by atoms with van der Waals surface area (Å²) in [6, 6.07) is 15.1. The first-order valence-electron chi connectivity index (χ1n) is 10.1. The summed E-state index contributed by atoms with van der Waals surface area (Å²) in [7, 11) is 0. The SMILES string of the molecule is C=C(C)c1c[nH]c(=O)c2ccc(-n3nc(COCc4ccccc4)n(CC)c3=O)cc12. The number of pyridine rings is 1. The quantitative estimate of drug-likeness (QED) is 0.499. The van der Waals surface area contributed by atoms with Crippen molar-refractivity contribution in [2.75, 3.05) is 0 Å². The van der Waals surface area contributed by atoms with Gasteiger partial charge in [-0.1, -0.05) is 36.9 Å². The molecule has 1 N–H and O–H groups in total. The van der Waals surface area contributed by atoms with Crippen LogP contribution < -0.4 is 11.2 Å². The lowest BCUT2D eigenvalue weighted by Gasteiger charge is -2.07. The number of aromatic amines is 1. The van der Waals surface area contributed by atoms with Gasteiger partial charge in [-0.3, -0.25) is 9.36 Å². The molecule has 0 spiro atoms. The summed E-state index contributed by atoms with van der Waals surface area (Å²) in [6.45, 7) is 8.89. The Balaban J connectivity index is 1.70. The summed E-state index contributed by atoms with van der Waals surface area (Å²) in [5.41, 5.74) is 2.85. The molecule has 0 radical (unpaired) electrons. The summed E-state index contributed by atoms with van der Waals surface area (Å²) in [5, 5.41) is 5.79. The molecule has 0 amide bonds. The third kappa shape index (κ3) is 4.00. The van der Waals surface area contributed by atoms with Gasteiger partial charge in [0, 0.05) is 23.7 Å². The standard InChI is InChI=1S/C24H24N4O3/c1-4-27-22(15-31-14-17-8-6-5-7-9-17)26-28(24(27)30)18-10-11-19-20(12-18)21(16(2)3)13-25-23(19)29/h5-13H,2,4,14-15H2,1,3H3,(H,25,29). The summed E-state index contributed by atoms with van der Waals surface area (Å²) >= 11 is 0. The van der Waals surface area contributed by atoms with Gasteiger partial charge in [-0.05, 0) is 48.6 Å². The smallest absolute Gasteiger partial charge is 0.350 e. The van der Waals surface area contributed by atoms with E-state index in [-0.39, 0.29) is 17.9 Å². The molecule has 4 aromatic rings. The minimum atomic E-state index is -0.248. The summed E-state index contributed by atoms with van der Waals surface area (Å²) in [5.74, 6) is 0.551. The number of aromatic nitrogens is 4. The Kier molecular flexibility index (Phi) is 5.68. The number of nitrogens with zero attached hydrogens (tertiary/aromatic N) is 3. The van der Waals surface area contributed by atoms with Crippen LogP contribution in [-0.4, -0.2) is 19.3 Å². The van der Waals surface area contributed by atoms with Crippen molar-refractivity contribution in [3.63, 3.8) is 0 Å². The molecule has 2 aromatic carbocycles. The van der Waals surface area contributed by atoms with Gasteiger partial charge in [0.15, 0.2) is 5.82 Å². The van der Waals surface area contributed by atoms with E-state index in [1.54, 1.807) is 29.0 Å². The van der Waals surface area contributed by atoms with Crippen molar-refractivity contribution in [3.8, 4) is 5.69 Å². The molecular formula is C24H24N4O3. The van der Waals surface area contributed by atoms with Crippen LogP contribution >= 0.6 is 0 Å². The van der Waals surface area contributed by atoms with Crippen LogP contribution in [-0.2, 0) is 24.5 Å². The average molecular weight is 416 g/mol. The van der Waals surface area contributed by atoms with E-state index >= 15 is 0 Å². The van der Waals surface area contributed by atoms with E-state index in [1.807, 2.05) is 44.2 Å². The molecule has 2 aromatic heterocycles. The number of fused-ring (bicyclic) bond motifs is 1. The van der Waals surface area contributed by atoms with Crippen LogP contribution in [0.1, 0.15) is 30.8 Å². The fourth-order valence-electron chi connectivity index (χ4n) is 3.60. The molecular weight excluding hydrogens is 392 g/mol. The minimum absolute atomic E-state index is 0.187. The molecule has 0 fully saturated rings. The number of allylic oxidation sites excluding steroid dienone is 1. The molecule has 31 heavy (non-hydrogen) atoms. The van der Waals surface area contributed by atoms with Gasteiger partial charge in [0.05, 0.1) is 12.3 Å². The van der Waals surface area contributed by atoms with Crippen molar-refractivity contribution in [3.05, 3.63) is 99.1 Å². The van der Waals surface area contributed by atoms with Gasteiger partial charge in [0.1, 0.15) is 6.61 Å². The van der Waals surface area contributed by atoms with Crippen molar-refractivity contribution in [1.82, 2.24) is 19.3 Å². The largest absolute Gasteiger partial charge is 0.369 e. The zero-order valence-electron chi connectivity index (χ0n) is 17.6. The molecule has 0 aliphatic carbocycles. The molecule has 0 aliphatic heterocycles. The van der Waals surface area contributed by atoms with E-state index in [2.05, 4.69) is 16.7 Å². The van der Waals surface area contributed by atoms with Crippen molar-refractivity contribution >= 4 is 16.3 Å². The fraction of sp³-hybridized carbons (Fsp3) is 0.208. The normalized spacial score (nSPS) is 11.2. The van der Waals surface area contributed by atoms with E-state index in [0.717, 1.165) is 22.1 Å². The molecule has 4 rings (SSSR count). The highest BCUT2D eigenvalue weighted by Crippen LogP contribution is 2.23. The third-order valence-corrected chi connectivity index (χ3v) is 5.19. The molecule has 0 unspecified atom stereocenters. The molecule has 2 heterocycles. The van der Waals surface area contributed by atoms with Gasteiger partial charge in [0.25, 0.3) is 5.56 Å². The lowest BCUT2D eigenvalue weighted by atomic mass is 10.0. The van der Waals surface area contributed by atoms with E-state index in [1.165, 1.54) is 4.68 Å². The Labute approximate surface area is 179 Å². The van der Waals surface area contributed by atoms with Gasteiger partial charge in [-0.15, -0.1) is 5.10 Å². The van der Waals surface area contributed by atoms with E-state index in [0.29, 0.717) is 30.0 Å². The second-order valence-electron chi connectivity index (χ2n) is 7.37. The van der Waals surface area contributed by atoms with E-state index in [9.17, 15) is 9.59 Å². The Hall–Kier alpha value is -3.71. The molecule has 7 nitrogen and oxygen atoms in total.